The molecular formula is C9H8O3. The minimum atomic E-state index is -1.29. The van der Waals surface area contributed by atoms with Crippen LogP contribution in [0.2, 0.25) is 0 Å². The summed E-state index contributed by atoms with van der Waals surface area (Å²) in [6.07, 6.45) is 2.24. The van der Waals surface area contributed by atoms with Crippen molar-refractivity contribution in [2.45, 2.75) is 12.2 Å². The Morgan fingerprint density at radius 2 is 1.83 bits per heavy atom. The van der Waals surface area contributed by atoms with Crippen LogP contribution < -0.4 is 0 Å². The van der Waals surface area contributed by atoms with Crippen LogP contribution in [0.4, 0.5) is 0 Å². The third kappa shape index (κ3) is 4.39. The monoisotopic (exact) mass is 164 g/mol. The lowest BCUT2D eigenvalue weighted by Crippen LogP contribution is -2.27. The Labute approximate surface area is 71.0 Å². The van der Waals surface area contributed by atoms with E-state index >= 15 is 0 Å². The fourth-order valence-electron chi connectivity index (χ4n) is 0.373. The Morgan fingerprint density at radius 3 is 2.33 bits per heavy atom. The van der Waals surface area contributed by atoms with Crippen LogP contribution in [-0.4, -0.2) is 34.1 Å². The van der Waals surface area contributed by atoms with Gasteiger partial charge in [0.05, 0.1) is 6.61 Å². The van der Waals surface area contributed by atoms with E-state index in [0.29, 0.717) is 0 Å². The maximum Gasteiger partial charge on any atom is 0.143 e. The van der Waals surface area contributed by atoms with Crippen molar-refractivity contribution in [2.24, 2.45) is 0 Å². The molecule has 2 atom stereocenters. The summed E-state index contributed by atoms with van der Waals surface area (Å²) in [5, 5.41) is 26.1. The largest absolute Gasteiger partial charge is 0.394 e. The molecule has 12 heavy (non-hydrogen) atoms. The summed E-state index contributed by atoms with van der Waals surface area (Å²) >= 11 is 0. The molecule has 0 aliphatic heterocycles. The van der Waals surface area contributed by atoms with Gasteiger partial charge in [0.15, 0.2) is 0 Å². The zero-order valence-corrected chi connectivity index (χ0v) is 6.28. The SMILES string of the molecule is C#CC#CC#C[C@@H](O)[C@@H](O)CO. The van der Waals surface area contributed by atoms with Gasteiger partial charge in [-0.1, -0.05) is 5.92 Å². The average molecular weight is 164 g/mol. The second-order valence-corrected chi connectivity index (χ2v) is 1.86. The number of hydrogen-bond donors (Lipinski definition) is 3. The second kappa shape index (κ2) is 6.28. The average Bonchev–Trinajstić information content (AvgIpc) is 2.10. The first-order valence-corrected chi connectivity index (χ1v) is 3.15. The van der Waals surface area contributed by atoms with E-state index < -0.39 is 18.8 Å². The molecule has 0 radical (unpaired) electrons. The van der Waals surface area contributed by atoms with Crippen molar-refractivity contribution >= 4 is 0 Å². The molecule has 0 aromatic rings. The zero-order chi connectivity index (χ0) is 9.40. The van der Waals surface area contributed by atoms with Gasteiger partial charge in [0, 0.05) is 0 Å². The molecule has 3 N–H and O–H groups in total. The highest BCUT2D eigenvalue weighted by molar-refractivity contribution is 5.34. The highest BCUT2D eigenvalue weighted by Crippen LogP contribution is 1.88. The quantitative estimate of drug-likeness (QED) is 0.428. The Balaban J connectivity index is 4.05. The van der Waals surface area contributed by atoms with Gasteiger partial charge in [-0.25, -0.2) is 0 Å². The summed E-state index contributed by atoms with van der Waals surface area (Å²) in [6.45, 7) is -0.543. The van der Waals surface area contributed by atoms with Crippen molar-refractivity contribution in [3.8, 4) is 36.0 Å². The summed E-state index contributed by atoms with van der Waals surface area (Å²) in [6, 6.07) is 0. The summed E-state index contributed by atoms with van der Waals surface area (Å²) in [4.78, 5) is 0. The number of hydrogen-bond acceptors (Lipinski definition) is 3. The second-order valence-electron chi connectivity index (χ2n) is 1.86. The van der Waals surface area contributed by atoms with Crippen LogP contribution in [0.5, 0.6) is 0 Å². The maximum atomic E-state index is 8.91. The lowest BCUT2D eigenvalue weighted by Gasteiger charge is -2.07. The summed E-state index contributed by atoms with van der Waals surface area (Å²) in [7, 11) is 0. The van der Waals surface area contributed by atoms with E-state index in [1.165, 1.54) is 0 Å². The zero-order valence-electron chi connectivity index (χ0n) is 6.28. The summed E-state index contributed by atoms with van der Waals surface area (Å²) < 4.78 is 0. The van der Waals surface area contributed by atoms with Gasteiger partial charge in [-0.15, -0.1) is 6.42 Å². The van der Waals surface area contributed by atoms with Gasteiger partial charge in [0.1, 0.15) is 12.2 Å². The number of aliphatic hydroxyl groups is 3. The Morgan fingerprint density at radius 1 is 1.17 bits per heavy atom. The van der Waals surface area contributed by atoms with Crippen LogP contribution in [0.3, 0.4) is 0 Å². The van der Waals surface area contributed by atoms with Crippen molar-refractivity contribution in [3.63, 3.8) is 0 Å². The fraction of sp³-hybridized carbons (Fsp3) is 0.333. The highest BCUT2D eigenvalue weighted by atomic mass is 16.4. The molecule has 3 heteroatoms. The van der Waals surface area contributed by atoms with E-state index in [1.54, 1.807) is 0 Å². The van der Waals surface area contributed by atoms with Gasteiger partial charge in [0.25, 0.3) is 0 Å². The first-order chi connectivity index (χ1) is 5.72. The molecule has 0 unspecified atom stereocenters. The van der Waals surface area contributed by atoms with Gasteiger partial charge in [-0.3, -0.25) is 0 Å². The number of rotatable bonds is 2. The van der Waals surface area contributed by atoms with Crippen molar-refractivity contribution in [3.05, 3.63) is 0 Å². The van der Waals surface area contributed by atoms with Crippen LogP contribution >= 0.6 is 0 Å². The third-order valence-corrected chi connectivity index (χ3v) is 0.969. The third-order valence-electron chi connectivity index (χ3n) is 0.969. The van der Waals surface area contributed by atoms with E-state index in [2.05, 4.69) is 23.7 Å². The standard InChI is InChI=1S/C9H8O3/c1-2-3-4-5-6-8(11)9(12)7-10/h1,8-12H,7H2/t8-,9+/m1/s1. The summed E-state index contributed by atoms with van der Waals surface area (Å²) in [5.41, 5.74) is 0. The molecule has 0 aromatic carbocycles. The van der Waals surface area contributed by atoms with Gasteiger partial charge < -0.3 is 15.3 Å². The Hall–Kier alpha value is -1.44. The normalized spacial score (nSPS) is 12.5. The molecule has 0 fully saturated rings. The molecule has 0 heterocycles. The molecular weight excluding hydrogens is 156 g/mol. The van der Waals surface area contributed by atoms with Gasteiger partial charge in [0.2, 0.25) is 0 Å². The van der Waals surface area contributed by atoms with Crippen molar-refractivity contribution in [1.82, 2.24) is 0 Å². The van der Waals surface area contributed by atoms with Gasteiger partial charge in [-0.05, 0) is 23.7 Å². The van der Waals surface area contributed by atoms with Crippen LogP contribution in [0.15, 0.2) is 0 Å². The molecule has 0 amide bonds. The Kier molecular flexibility index (Phi) is 5.53. The first kappa shape index (κ1) is 10.6. The van der Waals surface area contributed by atoms with Crippen molar-refractivity contribution in [2.75, 3.05) is 6.61 Å². The van der Waals surface area contributed by atoms with E-state index in [-0.39, 0.29) is 0 Å². The van der Waals surface area contributed by atoms with Crippen LogP contribution in [-0.2, 0) is 0 Å². The lowest BCUT2D eigenvalue weighted by molar-refractivity contribution is 0.0139. The molecule has 0 saturated heterocycles. The van der Waals surface area contributed by atoms with Gasteiger partial charge in [-0.2, -0.15) is 0 Å². The molecule has 0 saturated carbocycles. The minimum Gasteiger partial charge on any atom is -0.394 e. The van der Waals surface area contributed by atoms with E-state index in [1.807, 2.05) is 5.92 Å². The topological polar surface area (TPSA) is 60.7 Å². The molecule has 62 valence electrons. The molecule has 0 aliphatic carbocycles. The molecule has 0 bridgehead atoms. The van der Waals surface area contributed by atoms with Crippen molar-refractivity contribution in [1.29, 1.82) is 0 Å². The van der Waals surface area contributed by atoms with Crippen molar-refractivity contribution < 1.29 is 15.3 Å². The smallest absolute Gasteiger partial charge is 0.143 e. The highest BCUT2D eigenvalue weighted by Gasteiger charge is 2.10. The molecule has 0 aromatic heterocycles. The predicted molar refractivity (Wildman–Crippen MR) is 43.5 cm³/mol. The Bertz CT molecular complexity index is 279. The first-order valence-electron chi connectivity index (χ1n) is 3.15. The van der Waals surface area contributed by atoms with Crippen LogP contribution in [0.25, 0.3) is 0 Å². The van der Waals surface area contributed by atoms with E-state index in [0.717, 1.165) is 0 Å². The van der Waals surface area contributed by atoms with E-state index in [4.69, 9.17) is 21.7 Å². The number of terminal acetylenes is 1. The summed E-state index contributed by atoms with van der Waals surface area (Å²) in [5.74, 6) is 10.9. The van der Waals surface area contributed by atoms with E-state index in [9.17, 15) is 0 Å². The molecule has 0 spiro atoms. The lowest BCUT2D eigenvalue weighted by atomic mass is 10.2. The maximum absolute atomic E-state index is 8.91. The predicted octanol–water partition coefficient (Wildman–Crippen LogP) is -1.66. The number of aliphatic hydroxyl groups excluding tert-OH is 3. The van der Waals surface area contributed by atoms with Gasteiger partial charge >= 0.3 is 0 Å². The molecule has 3 nitrogen and oxygen atoms in total. The molecule has 0 aliphatic rings. The minimum absolute atomic E-state index is 0.543. The molecule has 0 rings (SSSR count). The fourth-order valence-corrected chi connectivity index (χ4v) is 0.373. The van der Waals surface area contributed by atoms with Crippen LogP contribution in [0.1, 0.15) is 0 Å². The van der Waals surface area contributed by atoms with Crippen LogP contribution in [0, 0.1) is 36.0 Å².